The fourth-order valence-corrected chi connectivity index (χ4v) is 5.03. The standard InChI is InChI=1S/C30H26FNO7/c1-3-11-36-22-9-6-18(13-25(22)35-4-2)27-26-28(33)20-14-19(31)7-10-21(20)39-29(26)30(34)32(27)15-17-5-8-23-24(12-17)38-16-37-23/h5-10,12-14,27H,3-4,11,15-16H2,1-2H3/t27-/m0/s1. The van der Waals surface area contributed by atoms with Gasteiger partial charge in [-0.15, -0.1) is 0 Å². The molecule has 0 fully saturated rings. The van der Waals surface area contributed by atoms with Crippen LogP contribution in [0.2, 0.25) is 0 Å². The van der Waals surface area contributed by atoms with Gasteiger partial charge in [0.1, 0.15) is 11.4 Å². The van der Waals surface area contributed by atoms with E-state index < -0.39 is 23.2 Å². The number of fused-ring (bicyclic) bond motifs is 3. The molecule has 9 heteroatoms. The molecule has 0 N–H and O–H groups in total. The van der Waals surface area contributed by atoms with Crippen molar-refractivity contribution >= 4 is 16.9 Å². The Morgan fingerprint density at radius 1 is 0.949 bits per heavy atom. The molecule has 0 unspecified atom stereocenters. The lowest BCUT2D eigenvalue weighted by Crippen LogP contribution is -2.29. The molecule has 4 aromatic rings. The summed E-state index contributed by atoms with van der Waals surface area (Å²) >= 11 is 0. The van der Waals surface area contributed by atoms with Crippen LogP contribution in [0, 0.1) is 5.82 Å². The van der Waals surface area contributed by atoms with Gasteiger partial charge in [0.15, 0.2) is 28.4 Å². The molecule has 200 valence electrons. The van der Waals surface area contributed by atoms with Gasteiger partial charge in [-0.2, -0.15) is 0 Å². The third kappa shape index (κ3) is 4.33. The molecule has 8 nitrogen and oxygen atoms in total. The van der Waals surface area contributed by atoms with Gasteiger partial charge in [-0.3, -0.25) is 9.59 Å². The highest BCUT2D eigenvalue weighted by molar-refractivity contribution is 5.99. The highest BCUT2D eigenvalue weighted by atomic mass is 19.1. The largest absolute Gasteiger partial charge is 0.490 e. The van der Waals surface area contributed by atoms with Gasteiger partial charge < -0.3 is 28.3 Å². The number of nitrogens with zero attached hydrogens (tertiary/aromatic N) is 1. The smallest absolute Gasteiger partial charge is 0.291 e. The molecule has 2 aliphatic heterocycles. The van der Waals surface area contributed by atoms with Crippen molar-refractivity contribution in [3.8, 4) is 23.0 Å². The van der Waals surface area contributed by atoms with Gasteiger partial charge in [-0.1, -0.05) is 19.1 Å². The van der Waals surface area contributed by atoms with Gasteiger partial charge in [0.2, 0.25) is 12.6 Å². The molecule has 3 aromatic carbocycles. The molecule has 39 heavy (non-hydrogen) atoms. The summed E-state index contributed by atoms with van der Waals surface area (Å²) in [6.45, 7) is 5.08. The molecule has 0 saturated carbocycles. The lowest BCUT2D eigenvalue weighted by atomic mass is 9.97. The monoisotopic (exact) mass is 531 g/mol. The minimum absolute atomic E-state index is 0.0610. The normalized spacial score (nSPS) is 15.6. The lowest BCUT2D eigenvalue weighted by molar-refractivity contribution is 0.0714. The molecule has 3 heterocycles. The molecule has 1 amide bonds. The Morgan fingerprint density at radius 3 is 2.62 bits per heavy atom. The van der Waals surface area contributed by atoms with Gasteiger partial charge in [-0.25, -0.2) is 4.39 Å². The SMILES string of the molecule is CCCOc1ccc([C@H]2c3c(oc4ccc(F)cc4c3=O)C(=O)N2Cc2ccc3c(c2)OCO3)cc1OCC. The summed E-state index contributed by atoms with van der Waals surface area (Å²) in [5.41, 5.74) is 1.26. The van der Waals surface area contributed by atoms with Crippen molar-refractivity contribution in [3.63, 3.8) is 0 Å². The van der Waals surface area contributed by atoms with Crippen LogP contribution in [-0.4, -0.2) is 30.8 Å². The van der Waals surface area contributed by atoms with Crippen LogP contribution >= 0.6 is 0 Å². The topological polar surface area (TPSA) is 87.4 Å². The number of carbonyl (C=O) groups excluding carboxylic acids is 1. The van der Waals surface area contributed by atoms with E-state index in [2.05, 4.69) is 0 Å². The van der Waals surface area contributed by atoms with Crippen molar-refractivity contribution in [1.82, 2.24) is 4.90 Å². The molecule has 0 bridgehead atoms. The van der Waals surface area contributed by atoms with Crippen LogP contribution in [0.5, 0.6) is 23.0 Å². The maximum absolute atomic E-state index is 14.1. The van der Waals surface area contributed by atoms with Gasteiger partial charge in [-0.05, 0) is 66.9 Å². The molecule has 0 saturated heterocycles. The average molecular weight is 532 g/mol. The first-order valence-electron chi connectivity index (χ1n) is 12.8. The van der Waals surface area contributed by atoms with E-state index in [9.17, 15) is 14.0 Å². The maximum Gasteiger partial charge on any atom is 0.291 e. The zero-order valence-electron chi connectivity index (χ0n) is 21.5. The van der Waals surface area contributed by atoms with E-state index in [1.54, 1.807) is 23.1 Å². The van der Waals surface area contributed by atoms with Crippen LogP contribution in [0.3, 0.4) is 0 Å². The summed E-state index contributed by atoms with van der Waals surface area (Å²) in [4.78, 5) is 29.2. The zero-order chi connectivity index (χ0) is 27.1. The van der Waals surface area contributed by atoms with Crippen molar-refractivity contribution < 1.29 is 32.5 Å². The lowest BCUT2D eigenvalue weighted by Gasteiger charge is -2.26. The van der Waals surface area contributed by atoms with E-state index in [0.717, 1.165) is 18.1 Å². The molecule has 0 spiro atoms. The number of benzene rings is 3. The number of carbonyl (C=O) groups is 1. The molecule has 1 atom stereocenters. The van der Waals surface area contributed by atoms with Crippen LogP contribution in [0.1, 0.15) is 53.6 Å². The second-order valence-electron chi connectivity index (χ2n) is 9.33. The summed E-state index contributed by atoms with van der Waals surface area (Å²) in [7, 11) is 0. The molecule has 0 aliphatic carbocycles. The average Bonchev–Trinajstić information content (AvgIpc) is 3.51. The van der Waals surface area contributed by atoms with E-state index in [1.165, 1.54) is 12.1 Å². The van der Waals surface area contributed by atoms with Crippen molar-refractivity contribution in [3.05, 3.63) is 93.1 Å². The van der Waals surface area contributed by atoms with Crippen LogP contribution < -0.4 is 24.4 Å². The summed E-state index contributed by atoms with van der Waals surface area (Å²) < 4.78 is 42.7. The minimum atomic E-state index is -0.804. The number of rotatable bonds is 8. The van der Waals surface area contributed by atoms with Crippen molar-refractivity contribution in [2.75, 3.05) is 20.0 Å². The summed E-state index contributed by atoms with van der Waals surface area (Å²) in [5.74, 6) is 1.21. The maximum atomic E-state index is 14.1. The zero-order valence-corrected chi connectivity index (χ0v) is 21.5. The van der Waals surface area contributed by atoms with Gasteiger partial charge >= 0.3 is 0 Å². The highest BCUT2D eigenvalue weighted by Gasteiger charge is 2.43. The van der Waals surface area contributed by atoms with Gasteiger partial charge in [0.05, 0.1) is 30.2 Å². The van der Waals surface area contributed by atoms with E-state index in [0.29, 0.717) is 41.8 Å². The number of ether oxygens (including phenoxy) is 4. The number of amides is 1. The molecule has 6 rings (SSSR count). The van der Waals surface area contributed by atoms with Crippen LogP contribution in [0.15, 0.2) is 63.8 Å². The second-order valence-corrected chi connectivity index (χ2v) is 9.33. The summed E-state index contributed by atoms with van der Waals surface area (Å²) in [6, 6.07) is 13.7. The fraction of sp³-hybridized carbons (Fsp3) is 0.267. The Hall–Kier alpha value is -4.53. The number of halogens is 1. The van der Waals surface area contributed by atoms with Crippen LogP contribution in [0.4, 0.5) is 4.39 Å². The Balaban J connectivity index is 1.50. The van der Waals surface area contributed by atoms with Crippen molar-refractivity contribution in [2.24, 2.45) is 0 Å². The fourth-order valence-electron chi connectivity index (χ4n) is 5.03. The molecule has 2 aliphatic rings. The number of hydrogen-bond donors (Lipinski definition) is 0. The first kappa shape index (κ1) is 24.8. The molecular formula is C30H26FNO7. The van der Waals surface area contributed by atoms with E-state index >= 15 is 0 Å². The Morgan fingerprint density at radius 2 is 1.79 bits per heavy atom. The highest BCUT2D eigenvalue weighted by Crippen LogP contribution is 2.42. The Bertz CT molecular complexity index is 1650. The van der Waals surface area contributed by atoms with Crippen LogP contribution in [-0.2, 0) is 6.54 Å². The quantitative estimate of drug-likeness (QED) is 0.293. The third-order valence-electron chi connectivity index (χ3n) is 6.76. The van der Waals surface area contributed by atoms with Crippen molar-refractivity contribution in [1.29, 1.82) is 0 Å². The summed E-state index contributed by atoms with van der Waals surface area (Å²) in [6.07, 6.45) is 0.825. The first-order valence-corrected chi connectivity index (χ1v) is 12.8. The van der Waals surface area contributed by atoms with E-state index in [4.69, 9.17) is 23.4 Å². The molecule has 0 radical (unpaired) electrons. The first-order chi connectivity index (χ1) is 19.0. The minimum Gasteiger partial charge on any atom is -0.490 e. The van der Waals surface area contributed by atoms with E-state index in [1.807, 2.05) is 32.0 Å². The number of hydrogen-bond acceptors (Lipinski definition) is 7. The molecule has 1 aromatic heterocycles. The van der Waals surface area contributed by atoms with Gasteiger partial charge in [0, 0.05) is 6.54 Å². The van der Waals surface area contributed by atoms with Crippen molar-refractivity contribution in [2.45, 2.75) is 32.9 Å². The summed E-state index contributed by atoms with van der Waals surface area (Å²) in [5, 5.41) is 0.0735. The molecular weight excluding hydrogens is 505 g/mol. The third-order valence-corrected chi connectivity index (χ3v) is 6.76. The predicted octanol–water partition coefficient (Wildman–Crippen LogP) is 5.59. The van der Waals surface area contributed by atoms with Crippen LogP contribution in [0.25, 0.3) is 11.0 Å². The Kier molecular flexibility index (Phi) is 6.34. The van der Waals surface area contributed by atoms with E-state index in [-0.39, 0.29) is 35.6 Å². The van der Waals surface area contributed by atoms with Gasteiger partial charge in [0.25, 0.3) is 5.91 Å². The predicted molar refractivity (Wildman–Crippen MR) is 140 cm³/mol. The Labute approximate surface area is 223 Å². The second kappa shape index (κ2) is 9.98.